The molecule has 0 amide bonds. The first-order valence-electron chi connectivity index (χ1n) is 8.77. The van der Waals surface area contributed by atoms with Crippen LogP contribution in [0, 0.1) is 0 Å². The van der Waals surface area contributed by atoms with Crippen molar-refractivity contribution in [3.63, 3.8) is 0 Å². The van der Waals surface area contributed by atoms with Crippen molar-refractivity contribution in [2.75, 3.05) is 21.3 Å². The first-order valence-corrected chi connectivity index (χ1v) is 8.77. The van der Waals surface area contributed by atoms with Crippen LogP contribution in [0.5, 0.6) is 0 Å². The van der Waals surface area contributed by atoms with Crippen LogP contribution in [-0.4, -0.2) is 32.7 Å². The van der Waals surface area contributed by atoms with Gasteiger partial charge in [0.1, 0.15) is 5.60 Å². The van der Waals surface area contributed by atoms with E-state index in [2.05, 4.69) is 20.8 Å². The fourth-order valence-electron chi connectivity index (χ4n) is 3.53. The number of methoxy groups -OCH3 is 3. The van der Waals surface area contributed by atoms with E-state index in [-0.39, 0.29) is 5.60 Å². The van der Waals surface area contributed by atoms with Crippen molar-refractivity contribution in [3.8, 4) is 0 Å². The minimum Gasteiger partial charge on any atom is -0.373 e. The molecule has 0 N–H and O–H groups in total. The predicted molar refractivity (Wildman–Crippen MR) is 89.7 cm³/mol. The average Bonchev–Trinajstić information content (AvgIpc) is 2.52. The number of ether oxygens (including phenoxy) is 3. The molecule has 0 heterocycles. The van der Waals surface area contributed by atoms with Crippen LogP contribution in [0.15, 0.2) is 0 Å². The summed E-state index contributed by atoms with van der Waals surface area (Å²) in [6.45, 7) is 6.56. The molecule has 0 spiro atoms. The molecule has 0 aromatic heterocycles. The zero-order valence-electron chi connectivity index (χ0n) is 15.3. The van der Waals surface area contributed by atoms with Crippen molar-refractivity contribution < 1.29 is 14.2 Å². The minimum atomic E-state index is -0.638. The van der Waals surface area contributed by atoms with Gasteiger partial charge in [-0.15, -0.1) is 0 Å². The summed E-state index contributed by atoms with van der Waals surface area (Å²) in [7, 11) is 5.27. The van der Waals surface area contributed by atoms with Crippen molar-refractivity contribution in [2.24, 2.45) is 0 Å². The molecule has 3 heteroatoms. The highest BCUT2D eigenvalue weighted by Crippen LogP contribution is 2.40. The summed E-state index contributed by atoms with van der Waals surface area (Å²) < 4.78 is 17.6. The Balaban J connectivity index is 4.74. The third-order valence-corrected chi connectivity index (χ3v) is 4.80. The molecular formula is C18H38O3. The molecule has 0 aromatic rings. The zero-order chi connectivity index (χ0) is 16.2. The van der Waals surface area contributed by atoms with Crippen LogP contribution in [0.2, 0.25) is 0 Å². The predicted octanol–water partition coefficient (Wildman–Crippen LogP) is 5.32. The van der Waals surface area contributed by atoms with Gasteiger partial charge >= 0.3 is 0 Å². The SMILES string of the molecule is CCCCCCCCC(CCC)(OC)C(CC)(OC)OC. The van der Waals surface area contributed by atoms with Crippen molar-refractivity contribution in [1.29, 1.82) is 0 Å². The Kier molecular flexibility index (Phi) is 11.4. The molecule has 0 aliphatic carbocycles. The van der Waals surface area contributed by atoms with E-state index in [0.29, 0.717) is 0 Å². The number of rotatable bonds is 14. The molecule has 21 heavy (non-hydrogen) atoms. The van der Waals surface area contributed by atoms with E-state index in [1.807, 2.05) is 0 Å². The molecule has 0 saturated carbocycles. The van der Waals surface area contributed by atoms with Gasteiger partial charge in [0.25, 0.3) is 0 Å². The van der Waals surface area contributed by atoms with Gasteiger partial charge in [0.05, 0.1) is 0 Å². The molecule has 1 unspecified atom stereocenters. The summed E-state index contributed by atoms with van der Waals surface area (Å²) in [6.07, 6.45) is 11.6. The molecule has 128 valence electrons. The maximum Gasteiger partial charge on any atom is 0.196 e. The molecule has 0 aliphatic rings. The number of hydrogen-bond donors (Lipinski definition) is 0. The summed E-state index contributed by atoms with van der Waals surface area (Å²) in [5, 5.41) is 0. The van der Waals surface area contributed by atoms with E-state index in [9.17, 15) is 0 Å². The van der Waals surface area contributed by atoms with Crippen LogP contribution in [0.1, 0.15) is 85.0 Å². The monoisotopic (exact) mass is 302 g/mol. The van der Waals surface area contributed by atoms with E-state index in [1.165, 1.54) is 38.5 Å². The Morgan fingerprint density at radius 2 is 1.19 bits per heavy atom. The summed E-state index contributed by atoms with van der Waals surface area (Å²) in [4.78, 5) is 0. The van der Waals surface area contributed by atoms with Gasteiger partial charge in [-0.2, -0.15) is 0 Å². The van der Waals surface area contributed by atoms with E-state index in [1.54, 1.807) is 21.3 Å². The molecule has 0 fully saturated rings. The van der Waals surface area contributed by atoms with E-state index >= 15 is 0 Å². The van der Waals surface area contributed by atoms with E-state index < -0.39 is 5.79 Å². The van der Waals surface area contributed by atoms with Gasteiger partial charge in [-0.1, -0.05) is 65.7 Å². The summed E-state index contributed by atoms with van der Waals surface area (Å²) in [6, 6.07) is 0. The second-order valence-corrected chi connectivity index (χ2v) is 5.98. The third kappa shape index (κ3) is 5.54. The van der Waals surface area contributed by atoms with Gasteiger partial charge in [0.15, 0.2) is 5.79 Å². The van der Waals surface area contributed by atoms with Gasteiger partial charge in [-0.25, -0.2) is 0 Å². The minimum absolute atomic E-state index is 0.343. The quantitative estimate of drug-likeness (QED) is 0.321. The zero-order valence-corrected chi connectivity index (χ0v) is 15.3. The smallest absolute Gasteiger partial charge is 0.196 e. The molecule has 1 atom stereocenters. The van der Waals surface area contributed by atoms with Crippen molar-refractivity contribution in [1.82, 2.24) is 0 Å². The van der Waals surface area contributed by atoms with E-state index in [4.69, 9.17) is 14.2 Å². The fraction of sp³-hybridized carbons (Fsp3) is 1.00. The average molecular weight is 302 g/mol. The molecule has 0 aromatic carbocycles. The fourth-order valence-corrected chi connectivity index (χ4v) is 3.53. The van der Waals surface area contributed by atoms with Gasteiger partial charge < -0.3 is 14.2 Å². The topological polar surface area (TPSA) is 27.7 Å². The van der Waals surface area contributed by atoms with Crippen LogP contribution >= 0.6 is 0 Å². The second kappa shape index (κ2) is 11.4. The first-order chi connectivity index (χ1) is 10.1. The maximum atomic E-state index is 5.99. The van der Waals surface area contributed by atoms with Crippen LogP contribution < -0.4 is 0 Å². The Hall–Kier alpha value is -0.120. The highest BCUT2D eigenvalue weighted by Gasteiger charge is 2.51. The van der Waals surface area contributed by atoms with Crippen molar-refractivity contribution in [2.45, 2.75) is 96.4 Å². The molecule has 0 saturated heterocycles. The van der Waals surface area contributed by atoms with Crippen LogP contribution in [0.3, 0.4) is 0 Å². The lowest BCUT2D eigenvalue weighted by Crippen LogP contribution is -2.57. The molecule has 0 rings (SSSR count). The normalized spacial score (nSPS) is 15.1. The largest absolute Gasteiger partial charge is 0.373 e. The summed E-state index contributed by atoms with van der Waals surface area (Å²) in [5.74, 6) is -0.638. The second-order valence-electron chi connectivity index (χ2n) is 5.98. The highest BCUT2D eigenvalue weighted by molar-refractivity contribution is 4.95. The van der Waals surface area contributed by atoms with Crippen molar-refractivity contribution >= 4 is 0 Å². The van der Waals surface area contributed by atoms with Crippen LogP contribution in [-0.2, 0) is 14.2 Å². The number of hydrogen-bond acceptors (Lipinski definition) is 3. The lowest BCUT2D eigenvalue weighted by Gasteiger charge is -2.47. The Labute approximate surface area is 132 Å². The van der Waals surface area contributed by atoms with Crippen LogP contribution in [0.25, 0.3) is 0 Å². The summed E-state index contributed by atoms with van der Waals surface area (Å²) in [5.41, 5.74) is -0.343. The van der Waals surface area contributed by atoms with Gasteiger partial charge in [-0.05, 0) is 12.8 Å². The third-order valence-electron chi connectivity index (χ3n) is 4.80. The van der Waals surface area contributed by atoms with Crippen LogP contribution in [0.4, 0.5) is 0 Å². The molecule has 0 radical (unpaired) electrons. The van der Waals surface area contributed by atoms with Crippen molar-refractivity contribution in [3.05, 3.63) is 0 Å². The van der Waals surface area contributed by atoms with Gasteiger partial charge in [0, 0.05) is 27.8 Å². The van der Waals surface area contributed by atoms with E-state index in [0.717, 1.165) is 25.7 Å². The highest BCUT2D eigenvalue weighted by atomic mass is 16.7. The Bertz CT molecular complexity index is 230. The standard InChI is InChI=1S/C18H38O3/c1-7-10-11-12-13-14-16-17(19-4,15-8-2)18(9-3,20-5)21-6/h7-16H2,1-6H3. The molecular weight excluding hydrogens is 264 g/mol. The Morgan fingerprint density at radius 3 is 1.62 bits per heavy atom. The molecule has 0 bridgehead atoms. The molecule has 3 nitrogen and oxygen atoms in total. The lowest BCUT2D eigenvalue weighted by molar-refractivity contribution is -0.314. The maximum absolute atomic E-state index is 5.99. The summed E-state index contributed by atoms with van der Waals surface area (Å²) >= 11 is 0. The van der Waals surface area contributed by atoms with Gasteiger partial charge in [0.2, 0.25) is 0 Å². The number of unbranched alkanes of at least 4 members (excludes halogenated alkanes) is 5. The molecule has 0 aliphatic heterocycles. The Morgan fingerprint density at radius 1 is 0.619 bits per heavy atom. The lowest BCUT2D eigenvalue weighted by atomic mass is 9.81. The first kappa shape index (κ1) is 20.9. The van der Waals surface area contributed by atoms with Gasteiger partial charge in [-0.3, -0.25) is 0 Å².